The van der Waals surface area contributed by atoms with Crippen LogP contribution in [0.15, 0.2) is 24.3 Å². The molecule has 2 nitrogen and oxygen atoms in total. The fourth-order valence-electron chi connectivity index (χ4n) is 3.63. The summed E-state index contributed by atoms with van der Waals surface area (Å²) >= 11 is 0. The molecule has 0 spiro atoms. The molecule has 0 bridgehead atoms. The van der Waals surface area contributed by atoms with Gasteiger partial charge in [0.05, 0.1) is 5.56 Å². The molecule has 0 radical (unpaired) electrons. The number of carbonyl (C=O) groups is 1. The lowest BCUT2D eigenvalue weighted by molar-refractivity contribution is 0.0697. The first kappa shape index (κ1) is 15.1. The molecule has 1 aliphatic carbocycles. The van der Waals surface area contributed by atoms with Crippen molar-refractivity contribution in [3.05, 3.63) is 35.4 Å². The zero-order valence-corrected chi connectivity index (χ0v) is 12.6. The van der Waals surface area contributed by atoms with Crippen LogP contribution in [0.1, 0.15) is 74.2 Å². The van der Waals surface area contributed by atoms with Crippen LogP contribution in [0.25, 0.3) is 0 Å². The molecule has 20 heavy (non-hydrogen) atoms. The van der Waals surface area contributed by atoms with Gasteiger partial charge in [0.25, 0.3) is 0 Å². The molecule has 1 aromatic rings. The molecule has 1 saturated carbocycles. The second kappa shape index (κ2) is 6.92. The smallest absolute Gasteiger partial charge is 0.335 e. The molecular weight excluding hydrogens is 248 g/mol. The highest BCUT2D eigenvalue weighted by Gasteiger charge is 2.28. The van der Waals surface area contributed by atoms with E-state index in [9.17, 15) is 4.79 Å². The number of carboxylic acids is 1. The van der Waals surface area contributed by atoms with Gasteiger partial charge in [0.15, 0.2) is 0 Å². The van der Waals surface area contributed by atoms with E-state index in [1.54, 1.807) is 12.1 Å². The minimum Gasteiger partial charge on any atom is -0.478 e. The van der Waals surface area contributed by atoms with E-state index in [0.717, 1.165) is 5.92 Å². The van der Waals surface area contributed by atoms with Gasteiger partial charge in [0, 0.05) is 0 Å². The first-order valence-electron chi connectivity index (χ1n) is 7.95. The van der Waals surface area contributed by atoms with Gasteiger partial charge >= 0.3 is 5.97 Å². The summed E-state index contributed by atoms with van der Waals surface area (Å²) in [5.41, 5.74) is 1.70. The van der Waals surface area contributed by atoms with Gasteiger partial charge in [-0.2, -0.15) is 0 Å². The Morgan fingerprint density at radius 3 is 2.50 bits per heavy atom. The van der Waals surface area contributed by atoms with Crippen LogP contribution in [0.4, 0.5) is 0 Å². The molecule has 0 amide bonds. The van der Waals surface area contributed by atoms with Gasteiger partial charge in [-0.15, -0.1) is 0 Å². The third kappa shape index (κ3) is 3.62. The number of unbranched alkanes of at least 4 members (excludes halogenated alkanes) is 1. The fourth-order valence-corrected chi connectivity index (χ4v) is 3.63. The van der Waals surface area contributed by atoms with Crippen LogP contribution in [0.2, 0.25) is 0 Å². The van der Waals surface area contributed by atoms with Crippen LogP contribution >= 0.6 is 0 Å². The van der Waals surface area contributed by atoms with E-state index < -0.39 is 5.97 Å². The Hall–Kier alpha value is -1.31. The second-order valence-electron chi connectivity index (χ2n) is 6.33. The fraction of sp³-hybridized carbons (Fsp3) is 0.611. The van der Waals surface area contributed by atoms with Gasteiger partial charge in [-0.05, 0) is 54.7 Å². The topological polar surface area (TPSA) is 37.3 Å². The first-order chi connectivity index (χ1) is 9.61. The van der Waals surface area contributed by atoms with Crippen molar-refractivity contribution in [2.75, 3.05) is 0 Å². The SMILES string of the molecule is CCCCC1CCC(c2ccc(C(=O)O)cc2)C(C)C1. The minimum absolute atomic E-state index is 0.387. The Bertz CT molecular complexity index is 435. The van der Waals surface area contributed by atoms with E-state index in [1.807, 2.05) is 12.1 Å². The lowest BCUT2D eigenvalue weighted by Gasteiger charge is -2.34. The first-order valence-corrected chi connectivity index (χ1v) is 7.95. The molecule has 3 atom stereocenters. The Morgan fingerprint density at radius 2 is 1.95 bits per heavy atom. The Kier molecular flexibility index (Phi) is 5.22. The molecule has 1 aromatic carbocycles. The van der Waals surface area contributed by atoms with E-state index in [4.69, 9.17) is 5.11 Å². The van der Waals surface area contributed by atoms with Crippen molar-refractivity contribution in [3.8, 4) is 0 Å². The van der Waals surface area contributed by atoms with E-state index in [0.29, 0.717) is 17.4 Å². The van der Waals surface area contributed by atoms with Gasteiger partial charge in [0.2, 0.25) is 0 Å². The summed E-state index contributed by atoms with van der Waals surface area (Å²) in [5, 5.41) is 8.96. The second-order valence-corrected chi connectivity index (χ2v) is 6.33. The van der Waals surface area contributed by atoms with Crippen molar-refractivity contribution >= 4 is 5.97 Å². The van der Waals surface area contributed by atoms with Crippen molar-refractivity contribution in [2.24, 2.45) is 11.8 Å². The molecule has 1 N–H and O–H groups in total. The van der Waals surface area contributed by atoms with Crippen molar-refractivity contribution in [1.82, 2.24) is 0 Å². The van der Waals surface area contributed by atoms with Gasteiger partial charge in [-0.3, -0.25) is 0 Å². The molecule has 0 saturated heterocycles. The molecular formula is C18H26O2. The van der Waals surface area contributed by atoms with E-state index in [2.05, 4.69) is 13.8 Å². The van der Waals surface area contributed by atoms with Crippen LogP contribution in [-0.4, -0.2) is 11.1 Å². The molecule has 110 valence electrons. The standard InChI is InChI=1S/C18H26O2/c1-3-4-5-14-6-11-17(13(2)12-14)15-7-9-16(10-8-15)18(19)20/h7-10,13-14,17H,3-6,11-12H2,1-2H3,(H,19,20). The molecule has 2 rings (SSSR count). The van der Waals surface area contributed by atoms with E-state index in [1.165, 1.54) is 44.1 Å². The van der Waals surface area contributed by atoms with Crippen molar-refractivity contribution in [3.63, 3.8) is 0 Å². The van der Waals surface area contributed by atoms with Crippen molar-refractivity contribution < 1.29 is 9.90 Å². The Morgan fingerprint density at radius 1 is 1.25 bits per heavy atom. The van der Waals surface area contributed by atoms with Gasteiger partial charge in [-0.1, -0.05) is 45.2 Å². The zero-order chi connectivity index (χ0) is 14.5. The maximum atomic E-state index is 10.9. The molecule has 3 unspecified atom stereocenters. The lowest BCUT2D eigenvalue weighted by atomic mass is 9.71. The molecule has 0 aliphatic heterocycles. The third-order valence-electron chi connectivity index (χ3n) is 4.83. The highest BCUT2D eigenvalue weighted by molar-refractivity contribution is 5.87. The summed E-state index contributed by atoms with van der Waals surface area (Å²) in [4.78, 5) is 10.9. The lowest BCUT2D eigenvalue weighted by Crippen LogP contribution is -2.21. The number of benzene rings is 1. The summed E-state index contributed by atoms with van der Waals surface area (Å²) in [6.07, 6.45) is 7.94. The average Bonchev–Trinajstić information content (AvgIpc) is 2.45. The van der Waals surface area contributed by atoms with Crippen LogP contribution in [0.5, 0.6) is 0 Å². The predicted molar refractivity (Wildman–Crippen MR) is 82.2 cm³/mol. The monoisotopic (exact) mass is 274 g/mol. The summed E-state index contributed by atoms with van der Waals surface area (Å²) in [6.45, 7) is 4.62. The molecule has 0 heterocycles. The summed E-state index contributed by atoms with van der Waals surface area (Å²) < 4.78 is 0. The highest BCUT2D eigenvalue weighted by Crippen LogP contribution is 2.41. The van der Waals surface area contributed by atoms with Crippen molar-refractivity contribution in [1.29, 1.82) is 0 Å². The Labute approximate surface area is 122 Å². The maximum absolute atomic E-state index is 10.9. The largest absolute Gasteiger partial charge is 0.478 e. The van der Waals surface area contributed by atoms with Gasteiger partial charge < -0.3 is 5.11 Å². The molecule has 1 aliphatic rings. The van der Waals surface area contributed by atoms with E-state index >= 15 is 0 Å². The van der Waals surface area contributed by atoms with E-state index in [-0.39, 0.29) is 0 Å². The minimum atomic E-state index is -0.840. The van der Waals surface area contributed by atoms with Crippen LogP contribution < -0.4 is 0 Å². The molecule has 2 heteroatoms. The summed E-state index contributed by atoms with van der Waals surface area (Å²) in [5.74, 6) is 1.38. The molecule has 1 fully saturated rings. The summed E-state index contributed by atoms with van der Waals surface area (Å²) in [7, 11) is 0. The third-order valence-corrected chi connectivity index (χ3v) is 4.83. The number of hydrogen-bond acceptors (Lipinski definition) is 1. The number of hydrogen-bond donors (Lipinski definition) is 1. The van der Waals surface area contributed by atoms with Gasteiger partial charge in [0.1, 0.15) is 0 Å². The van der Waals surface area contributed by atoms with Gasteiger partial charge in [-0.25, -0.2) is 4.79 Å². The highest BCUT2D eigenvalue weighted by atomic mass is 16.4. The quantitative estimate of drug-likeness (QED) is 0.811. The van der Waals surface area contributed by atoms with Crippen molar-refractivity contribution in [2.45, 2.75) is 58.3 Å². The Balaban J connectivity index is 1.98. The number of aromatic carboxylic acids is 1. The van der Waals surface area contributed by atoms with Crippen LogP contribution in [-0.2, 0) is 0 Å². The maximum Gasteiger partial charge on any atom is 0.335 e. The number of rotatable bonds is 5. The normalized spacial score (nSPS) is 26.4. The zero-order valence-electron chi connectivity index (χ0n) is 12.6. The number of carboxylic acid groups (broad SMARTS) is 1. The molecule has 0 aromatic heterocycles. The van der Waals surface area contributed by atoms with Crippen LogP contribution in [0.3, 0.4) is 0 Å². The average molecular weight is 274 g/mol. The summed E-state index contributed by atoms with van der Waals surface area (Å²) in [6, 6.07) is 7.51. The predicted octanol–water partition coefficient (Wildman–Crippen LogP) is 5.09. The van der Waals surface area contributed by atoms with Crippen LogP contribution in [0, 0.1) is 11.8 Å².